The van der Waals surface area contributed by atoms with Crippen molar-refractivity contribution in [2.24, 2.45) is 4.99 Å². The quantitative estimate of drug-likeness (QED) is 0.821. The van der Waals surface area contributed by atoms with Crippen LogP contribution in [-0.2, 0) is 0 Å². The SMILES string of the molecule is COc1ccc(C2=CCN3C=C(N4CCCN(C)CC4)C=CC3=N2)cc1F. The van der Waals surface area contributed by atoms with Gasteiger partial charge in [0.25, 0.3) is 0 Å². The van der Waals surface area contributed by atoms with Gasteiger partial charge in [0.15, 0.2) is 11.6 Å². The van der Waals surface area contributed by atoms with Crippen molar-refractivity contribution < 1.29 is 9.13 Å². The van der Waals surface area contributed by atoms with Gasteiger partial charge >= 0.3 is 0 Å². The Bertz CT molecular complexity index is 843. The Hall–Kier alpha value is -2.60. The van der Waals surface area contributed by atoms with Crippen LogP contribution in [0.4, 0.5) is 4.39 Å². The van der Waals surface area contributed by atoms with Gasteiger partial charge in [-0.3, -0.25) is 0 Å². The van der Waals surface area contributed by atoms with Gasteiger partial charge in [-0.2, -0.15) is 0 Å². The zero-order chi connectivity index (χ0) is 18.8. The van der Waals surface area contributed by atoms with Gasteiger partial charge in [0.1, 0.15) is 5.84 Å². The first-order chi connectivity index (χ1) is 13.1. The fraction of sp³-hybridized carbons (Fsp3) is 0.381. The molecule has 0 saturated carbocycles. The van der Waals surface area contributed by atoms with Crippen molar-refractivity contribution in [3.63, 3.8) is 0 Å². The van der Waals surface area contributed by atoms with Gasteiger partial charge in [-0.25, -0.2) is 9.38 Å². The fourth-order valence-corrected chi connectivity index (χ4v) is 3.63. The number of hydrogen-bond donors (Lipinski definition) is 0. The second kappa shape index (κ2) is 7.56. The Morgan fingerprint density at radius 2 is 2.00 bits per heavy atom. The van der Waals surface area contributed by atoms with Gasteiger partial charge < -0.3 is 19.4 Å². The van der Waals surface area contributed by atoms with E-state index in [2.05, 4.69) is 40.1 Å². The minimum Gasteiger partial charge on any atom is -0.494 e. The van der Waals surface area contributed by atoms with Crippen molar-refractivity contribution in [3.8, 4) is 5.75 Å². The number of aliphatic imine (C=N–C) groups is 1. The predicted molar refractivity (Wildman–Crippen MR) is 106 cm³/mol. The van der Waals surface area contributed by atoms with Crippen LogP contribution >= 0.6 is 0 Å². The monoisotopic (exact) mass is 368 g/mol. The fourth-order valence-electron chi connectivity index (χ4n) is 3.63. The number of halogens is 1. The Kier molecular flexibility index (Phi) is 4.99. The van der Waals surface area contributed by atoms with E-state index in [-0.39, 0.29) is 11.6 Å². The summed E-state index contributed by atoms with van der Waals surface area (Å²) in [4.78, 5) is 11.7. The van der Waals surface area contributed by atoms with Crippen molar-refractivity contribution in [3.05, 3.63) is 59.7 Å². The van der Waals surface area contributed by atoms with E-state index in [9.17, 15) is 4.39 Å². The molecule has 0 unspecified atom stereocenters. The van der Waals surface area contributed by atoms with E-state index in [1.807, 2.05) is 12.1 Å². The summed E-state index contributed by atoms with van der Waals surface area (Å²) in [6, 6.07) is 4.96. The smallest absolute Gasteiger partial charge is 0.165 e. The second-order valence-electron chi connectivity index (χ2n) is 7.09. The molecule has 0 radical (unpaired) electrons. The lowest BCUT2D eigenvalue weighted by Crippen LogP contribution is -2.34. The van der Waals surface area contributed by atoms with E-state index < -0.39 is 0 Å². The molecule has 1 aromatic rings. The van der Waals surface area contributed by atoms with E-state index >= 15 is 0 Å². The molecule has 0 bridgehead atoms. The zero-order valence-corrected chi connectivity index (χ0v) is 15.9. The van der Waals surface area contributed by atoms with E-state index in [1.165, 1.54) is 25.3 Å². The molecule has 0 atom stereocenters. The van der Waals surface area contributed by atoms with E-state index in [1.54, 1.807) is 6.07 Å². The van der Waals surface area contributed by atoms with Gasteiger partial charge in [0.05, 0.1) is 18.5 Å². The Labute approximate surface area is 159 Å². The molecule has 4 rings (SSSR count). The van der Waals surface area contributed by atoms with Crippen molar-refractivity contribution >= 4 is 11.5 Å². The molecule has 0 spiro atoms. The van der Waals surface area contributed by atoms with Gasteiger partial charge in [-0.15, -0.1) is 0 Å². The predicted octanol–water partition coefficient (Wildman–Crippen LogP) is 2.94. The van der Waals surface area contributed by atoms with Crippen molar-refractivity contribution in [2.45, 2.75) is 6.42 Å². The highest BCUT2D eigenvalue weighted by molar-refractivity contribution is 6.00. The summed E-state index contributed by atoms with van der Waals surface area (Å²) in [5.41, 5.74) is 2.79. The van der Waals surface area contributed by atoms with Crippen LogP contribution < -0.4 is 4.74 Å². The maximum absolute atomic E-state index is 14.0. The molecule has 1 fully saturated rings. The molecule has 142 valence electrons. The van der Waals surface area contributed by atoms with Crippen LogP contribution in [0.25, 0.3) is 5.70 Å². The Balaban J connectivity index is 1.50. The van der Waals surface area contributed by atoms with Gasteiger partial charge in [-0.1, -0.05) is 0 Å². The molecule has 0 N–H and O–H groups in total. The van der Waals surface area contributed by atoms with Gasteiger partial charge in [0.2, 0.25) is 0 Å². The van der Waals surface area contributed by atoms with E-state index in [0.29, 0.717) is 0 Å². The van der Waals surface area contributed by atoms with Crippen molar-refractivity contribution in [2.75, 3.05) is 46.9 Å². The lowest BCUT2D eigenvalue weighted by molar-refractivity contribution is 0.327. The number of nitrogens with zero attached hydrogens (tertiary/aromatic N) is 4. The Morgan fingerprint density at radius 3 is 2.81 bits per heavy atom. The number of benzene rings is 1. The maximum atomic E-state index is 14.0. The maximum Gasteiger partial charge on any atom is 0.165 e. The molecule has 6 heteroatoms. The average Bonchev–Trinajstić information content (AvgIpc) is 2.91. The summed E-state index contributed by atoms with van der Waals surface area (Å²) in [5.74, 6) is 0.767. The molecule has 3 aliphatic heterocycles. The molecule has 5 nitrogen and oxygen atoms in total. The van der Waals surface area contributed by atoms with Crippen molar-refractivity contribution in [1.82, 2.24) is 14.7 Å². The Morgan fingerprint density at radius 1 is 1.11 bits per heavy atom. The minimum atomic E-state index is -0.369. The lowest BCUT2D eigenvalue weighted by atomic mass is 10.1. The highest BCUT2D eigenvalue weighted by atomic mass is 19.1. The highest BCUT2D eigenvalue weighted by Gasteiger charge is 2.21. The summed E-state index contributed by atoms with van der Waals surface area (Å²) in [5, 5.41) is 0. The second-order valence-corrected chi connectivity index (χ2v) is 7.09. The molecule has 1 saturated heterocycles. The van der Waals surface area contributed by atoms with Crippen LogP contribution in [0, 0.1) is 5.82 Å². The van der Waals surface area contributed by atoms with E-state index in [4.69, 9.17) is 9.73 Å². The normalized spacial score (nSPS) is 20.5. The van der Waals surface area contributed by atoms with Crippen molar-refractivity contribution in [1.29, 1.82) is 0 Å². The summed E-state index contributed by atoms with van der Waals surface area (Å²) in [7, 11) is 3.65. The number of allylic oxidation sites excluding steroid dienone is 1. The number of hydrogen-bond acceptors (Lipinski definition) is 5. The van der Waals surface area contributed by atoms with Crippen LogP contribution in [0.1, 0.15) is 12.0 Å². The number of amidine groups is 1. The van der Waals surface area contributed by atoms with Gasteiger partial charge in [0, 0.05) is 37.9 Å². The van der Waals surface area contributed by atoms with E-state index in [0.717, 1.165) is 49.8 Å². The molecule has 0 amide bonds. The average molecular weight is 368 g/mol. The molecule has 0 aromatic heterocycles. The number of ether oxygens (including phenoxy) is 1. The third-order valence-corrected chi connectivity index (χ3v) is 5.23. The van der Waals surface area contributed by atoms with Crippen LogP contribution in [0.15, 0.2) is 53.3 Å². The molecule has 27 heavy (non-hydrogen) atoms. The van der Waals surface area contributed by atoms with Gasteiger partial charge in [-0.05, 0) is 56.4 Å². The molecule has 1 aromatic carbocycles. The topological polar surface area (TPSA) is 31.3 Å². The minimum absolute atomic E-state index is 0.248. The summed E-state index contributed by atoms with van der Waals surface area (Å²) < 4.78 is 19.0. The molecule has 0 aliphatic carbocycles. The first kappa shape index (κ1) is 17.8. The summed E-state index contributed by atoms with van der Waals surface area (Å²) in [6.45, 7) is 5.07. The van der Waals surface area contributed by atoms with Crippen LogP contribution in [0.2, 0.25) is 0 Å². The molecular weight excluding hydrogens is 343 g/mol. The number of likely N-dealkylation sites (N-methyl/N-ethyl adjacent to an activating group) is 1. The summed E-state index contributed by atoms with van der Waals surface area (Å²) in [6.07, 6.45) is 9.57. The van der Waals surface area contributed by atoms with Crippen LogP contribution in [0.5, 0.6) is 5.75 Å². The zero-order valence-electron chi connectivity index (χ0n) is 15.9. The molecule has 3 heterocycles. The number of fused-ring (bicyclic) bond motifs is 1. The first-order valence-corrected chi connectivity index (χ1v) is 9.37. The molecular formula is C21H25FN4O. The standard InChI is InChI=1S/C21H25FN4O/c1-24-9-3-10-25(13-12-24)17-5-7-21-23-19(8-11-26(21)15-17)16-4-6-20(27-2)18(22)14-16/h4-8,14-15H,3,9-13H2,1-2H3. The first-order valence-electron chi connectivity index (χ1n) is 9.37. The highest BCUT2D eigenvalue weighted by Crippen LogP contribution is 2.27. The van der Waals surface area contributed by atoms with Crippen LogP contribution in [-0.4, -0.2) is 67.4 Å². The third-order valence-electron chi connectivity index (χ3n) is 5.23. The van der Waals surface area contributed by atoms with Crippen LogP contribution in [0.3, 0.4) is 0 Å². The lowest BCUT2D eigenvalue weighted by Gasteiger charge is -2.32. The molecule has 3 aliphatic rings. The largest absolute Gasteiger partial charge is 0.494 e. The number of methoxy groups -OCH3 is 1. The third kappa shape index (κ3) is 3.76. The summed E-state index contributed by atoms with van der Waals surface area (Å²) >= 11 is 0. The number of rotatable bonds is 3.